The van der Waals surface area contributed by atoms with Crippen molar-refractivity contribution in [1.29, 1.82) is 0 Å². The molecule has 5 rings (SSSR count). The number of anilines is 1. The van der Waals surface area contributed by atoms with Crippen molar-refractivity contribution in [3.05, 3.63) is 28.2 Å². The van der Waals surface area contributed by atoms with Gasteiger partial charge in [-0.15, -0.1) is 0 Å². The van der Waals surface area contributed by atoms with E-state index in [0.717, 1.165) is 30.2 Å². The number of pyridine rings is 1. The Morgan fingerprint density at radius 2 is 1.70 bits per heavy atom. The molecule has 0 spiro atoms. The third kappa shape index (κ3) is 1.68. The van der Waals surface area contributed by atoms with Crippen LogP contribution in [0.1, 0.15) is 50.6 Å². The molecule has 20 heavy (non-hydrogen) atoms. The molecule has 0 amide bonds. The minimum Gasteiger partial charge on any atom is -0.394 e. The van der Waals surface area contributed by atoms with Crippen molar-refractivity contribution < 1.29 is 0 Å². The van der Waals surface area contributed by atoms with E-state index in [4.69, 9.17) is 5.73 Å². The summed E-state index contributed by atoms with van der Waals surface area (Å²) in [5, 5.41) is 0. The third-order valence-corrected chi connectivity index (χ3v) is 6.12. The van der Waals surface area contributed by atoms with Gasteiger partial charge in [0.15, 0.2) is 0 Å². The van der Waals surface area contributed by atoms with Crippen LogP contribution in [-0.2, 0) is 6.54 Å². The van der Waals surface area contributed by atoms with Gasteiger partial charge in [0, 0.05) is 18.2 Å². The summed E-state index contributed by atoms with van der Waals surface area (Å²) >= 11 is 0. The topological polar surface area (TPSA) is 48.0 Å². The van der Waals surface area contributed by atoms with E-state index in [0.29, 0.717) is 11.6 Å². The molecule has 1 aromatic heterocycles. The SMILES string of the molecule is CCn1c(C2C3CC4CC(C3)CC2C4)ccc(N)c1=O. The molecular formula is C17H24N2O. The highest BCUT2D eigenvalue weighted by Crippen LogP contribution is 2.59. The average Bonchev–Trinajstić information content (AvgIpc) is 2.41. The zero-order valence-corrected chi connectivity index (χ0v) is 12.2. The van der Waals surface area contributed by atoms with E-state index >= 15 is 0 Å². The standard InChI is InChI=1S/C17H24N2O/c1-2-19-15(4-3-14(18)17(19)20)16-12-6-10-5-11(8-12)9-13(16)7-10/h3-4,10-13,16H,2,5-9,18H2,1H3. The molecule has 1 aromatic rings. The van der Waals surface area contributed by atoms with E-state index in [1.807, 2.05) is 10.6 Å². The number of hydrogen-bond acceptors (Lipinski definition) is 2. The van der Waals surface area contributed by atoms with Gasteiger partial charge in [0.05, 0.1) is 5.69 Å². The Hall–Kier alpha value is -1.25. The van der Waals surface area contributed by atoms with Crippen LogP contribution in [0, 0.1) is 23.7 Å². The second kappa shape index (κ2) is 4.37. The second-order valence-corrected chi connectivity index (χ2v) is 7.22. The molecule has 3 nitrogen and oxygen atoms in total. The summed E-state index contributed by atoms with van der Waals surface area (Å²) in [4.78, 5) is 12.3. The Balaban J connectivity index is 1.78. The predicted molar refractivity (Wildman–Crippen MR) is 80.6 cm³/mol. The molecule has 0 aromatic carbocycles. The molecule has 4 aliphatic carbocycles. The first-order valence-corrected chi connectivity index (χ1v) is 8.16. The Bertz CT molecular complexity index is 561. The fraction of sp³-hybridized carbons (Fsp3) is 0.706. The number of nitrogens with zero attached hydrogens (tertiary/aromatic N) is 1. The summed E-state index contributed by atoms with van der Waals surface area (Å²) in [6, 6.07) is 3.96. The van der Waals surface area contributed by atoms with Crippen molar-refractivity contribution in [3.63, 3.8) is 0 Å². The lowest BCUT2D eigenvalue weighted by Crippen LogP contribution is -2.45. The molecule has 4 aliphatic rings. The zero-order valence-electron chi connectivity index (χ0n) is 12.2. The Morgan fingerprint density at radius 1 is 1.10 bits per heavy atom. The fourth-order valence-electron chi connectivity index (χ4n) is 5.63. The fourth-order valence-corrected chi connectivity index (χ4v) is 5.63. The molecule has 0 unspecified atom stereocenters. The van der Waals surface area contributed by atoms with Crippen molar-refractivity contribution in [1.82, 2.24) is 4.57 Å². The van der Waals surface area contributed by atoms with Crippen LogP contribution in [0.3, 0.4) is 0 Å². The first kappa shape index (κ1) is 12.5. The van der Waals surface area contributed by atoms with Crippen LogP contribution in [0.15, 0.2) is 16.9 Å². The monoisotopic (exact) mass is 272 g/mol. The van der Waals surface area contributed by atoms with Crippen molar-refractivity contribution in [2.75, 3.05) is 5.73 Å². The molecule has 108 valence electrons. The van der Waals surface area contributed by atoms with Gasteiger partial charge in [-0.2, -0.15) is 0 Å². The van der Waals surface area contributed by atoms with E-state index in [1.54, 1.807) is 0 Å². The van der Waals surface area contributed by atoms with E-state index in [9.17, 15) is 4.79 Å². The molecule has 0 aliphatic heterocycles. The van der Waals surface area contributed by atoms with E-state index < -0.39 is 0 Å². The smallest absolute Gasteiger partial charge is 0.273 e. The molecule has 0 radical (unpaired) electrons. The number of rotatable bonds is 2. The number of hydrogen-bond donors (Lipinski definition) is 1. The van der Waals surface area contributed by atoms with Gasteiger partial charge < -0.3 is 10.3 Å². The van der Waals surface area contributed by atoms with Crippen LogP contribution in [0.25, 0.3) is 0 Å². The molecule has 4 fully saturated rings. The van der Waals surface area contributed by atoms with Gasteiger partial charge in [-0.25, -0.2) is 0 Å². The highest BCUT2D eigenvalue weighted by Gasteiger charge is 2.49. The first-order chi connectivity index (χ1) is 9.67. The summed E-state index contributed by atoms with van der Waals surface area (Å²) < 4.78 is 1.93. The van der Waals surface area contributed by atoms with Crippen LogP contribution in [0.5, 0.6) is 0 Å². The van der Waals surface area contributed by atoms with Crippen molar-refractivity contribution >= 4 is 5.69 Å². The quantitative estimate of drug-likeness (QED) is 0.899. The molecule has 4 saturated carbocycles. The van der Waals surface area contributed by atoms with E-state index in [2.05, 4.69) is 13.0 Å². The van der Waals surface area contributed by atoms with Gasteiger partial charge >= 0.3 is 0 Å². The highest BCUT2D eigenvalue weighted by atomic mass is 16.1. The zero-order chi connectivity index (χ0) is 13.9. The van der Waals surface area contributed by atoms with Gasteiger partial charge in [-0.05, 0) is 74.8 Å². The molecular weight excluding hydrogens is 248 g/mol. The summed E-state index contributed by atoms with van der Waals surface area (Å²) in [5.74, 6) is 4.18. The number of nitrogens with two attached hydrogens (primary N) is 1. The van der Waals surface area contributed by atoms with Gasteiger partial charge in [-0.3, -0.25) is 4.79 Å². The molecule has 3 heteroatoms. The molecule has 4 bridgehead atoms. The number of nitrogen functional groups attached to an aromatic ring is 1. The van der Waals surface area contributed by atoms with Crippen LogP contribution < -0.4 is 11.3 Å². The Kier molecular flexibility index (Phi) is 2.73. The van der Waals surface area contributed by atoms with Crippen LogP contribution in [0.4, 0.5) is 5.69 Å². The lowest BCUT2D eigenvalue weighted by molar-refractivity contribution is -0.00554. The minimum absolute atomic E-state index is 0.0128. The molecule has 0 saturated heterocycles. The maximum atomic E-state index is 12.3. The van der Waals surface area contributed by atoms with Gasteiger partial charge in [0.2, 0.25) is 0 Å². The lowest BCUT2D eigenvalue weighted by Gasteiger charge is -2.54. The van der Waals surface area contributed by atoms with Gasteiger partial charge in [0.1, 0.15) is 0 Å². The average molecular weight is 272 g/mol. The normalized spacial score (nSPS) is 38.4. The van der Waals surface area contributed by atoms with Crippen LogP contribution in [0.2, 0.25) is 0 Å². The Labute approximate surface area is 120 Å². The minimum atomic E-state index is 0.0128. The Morgan fingerprint density at radius 3 is 2.25 bits per heavy atom. The molecule has 1 heterocycles. The lowest BCUT2D eigenvalue weighted by atomic mass is 9.51. The highest BCUT2D eigenvalue weighted by molar-refractivity contribution is 5.37. The van der Waals surface area contributed by atoms with Crippen LogP contribution >= 0.6 is 0 Å². The summed E-state index contributed by atoms with van der Waals surface area (Å²) in [6.45, 7) is 2.79. The summed E-state index contributed by atoms with van der Waals surface area (Å²) in [6.07, 6.45) is 7.03. The predicted octanol–water partition coefficient (Wildman–Crippen LogP) is 2.99. The number of aromatic nitrogens is 1. The molecule has 0 atom stereocenters. The van der Waals surface area contributed by atoms with Gasteiger partial charge in [0.25, 0.3) is 5.56 Å². The molecule has 2 N–H and O–H groups in total. The van der Waals surface area contributed by atoms with Crippen molar-refractivity contribution in [3.8, 4) is 0 Å². The van der Waals surface area contributed by atoms with Gasteiger partial charge in [-0.1, -0.05) is 0 Å². The van der Waals surface area contributed by atoms with Crippen molar-refractivity contribution in [2.24, 2.45) is 23.7 Å². The van der Waals surface area contributed by atoms with E-state index in [1.165, 1.54) is 37.8 Å². The maximum absolute atomic E-state index is 12.3. The van der Waals surface area contributed by atoms with Crippen molar-refractivity contribution in [2.45, 2.75) is 51.5 Å². The summed E-state index contributed by atoms with van der Waals surface area (Å²) in [7, 11) is 0. The first-order valence-electron chi connectivity index (χ1n) is 8.16. The van der Waals surface area contributed by atoms with Crippen LogP contribution in [-0.4, -0.2) is 4.57 Å². The van der Waals surface area contributed by atoms with E-state index in [-0.39, 0.29) is 5.56 Å². The third-order valence-electron chi connectivity index (χ3n) is 6.12. The largest absolute Gasteiger partial charge is 0.394 e. The summed E-state index contributed by atoms with van der Waals surface area (Å²) in [5.41, 5.74) is 7.47. The second-order valence-electron chi connectivity index (χ2n) is 7.22. The maximum Gasteiger partial charge on any atom is 0.273 e.